The van der Waals surface area contributed by atoms with Crippen LogP contribution in [0.3, 0.4) is 0 Å². The molecule has 0 saturated heterocycles. The van der Waals surface area contributed by atoms with Gasteiger partial charge in [0.25, 0.3) is 0 Å². The molecule has 0 radical (unpaired) electrons. The zero-order chi connectivity index (χ0) is 21.8. The Bertz CT molecular complexity index is 805. The van der Waals surface area contributed by atoms with Gasteiger partial charge >= 0.3 is 6.61 Å². The van der Waals surface area contributed by atoms with E-state index >= 15 is 0 Å². The molecule has 0 aliphatic rings. The lowest BCUT2D eigenvalue weighted by Gasteiger charge is -2.22. The average Bonchev–Trinajstić information content (AvgIpc) is 2.73. The standard InChI is InChI=1S/C22H28F2N4O2.HI/c1-3-25-22(27-15-20(29)26-14-13-17-7-5-4-6-8-17)28(2)16-18-9-11-19(12-10-18)30-21(23)24;/h4-12,21H,3,13-16H2,1-2H3,(H,25,27)(H,26,29);1H. The number of benzene rings is 2. The van der Waals surface area contributed by atoms with Crippen LogP contribution < -0.4 is 15.4 Å². The van der Waals surface area contributed by atoms with Crippen LogP contribution in [0.25, 0.3) is 0 Å². The molecule has 2 aromatic rings. The van der Waals surface area contributed by atoms with Gasteiger partial charge in [-0.25, -0.2) is 4.99 Å². The number of guanidine groups is 1. The summed E-state index contributed by atoms with van der Waals surface area (Å²) in [5.41, 5.74) is 2.07. The third-order valence-corrected chi connectivity index (χ3v) is 4.22. The third kappa shape index (κ3) is 10.4. The lowest BCUT2D eigenvalue weighted by atomic mass is 10.1. The molecule has 0 saturated carbocycles. The second-order valence-corrected chi connectivity index (χ2v) is 6.63. The van der Waals surface area contributed by atoms with Crippen molar-refractivity contribution >= 4 is 35.8 Å². The normalized spacial score (nSPS) is 10.9. The van der Waals surface area contributed by atoms with Crippen molar-refractivity contribution in [1.29, 1.82) is 0 Å². The Balaban J connectivity index is 0.00000480. The maximum Gasteiger partial charge on any atom is 0.387 e. The Labute approximate surface area is 199 Å². The van der Waals surface area contributed by atoms with E-state index in [1.807, 2.05) is 49.2 Å². The number of halogens is 3. The molecule has 0 atom stereocenters. The van der Waals surface area contributed by atoms with Crippen molar-refractivity contribution in [2.24, 2.45) is 4.99 Å². The van der Waals surface area contributed by atoms with Gasteiger partial charge in [-0.2, -0.15) is 8.78 Å². The van der Waals surface area contributed by atoms with Gasteiger partial charge in [0.1, 0.15) is 12.3 Å². The minimum atomic E-state index is -2.84. The molecular formula is C22H29F2IN4O2. The van der Waals surface area contributed by atoms with Gasteiger partial charge in [0.2, 0.25) is 5.91 Å². The third-order valence-electron chi connectivity index (χ3n) is 4.22. The van der Waals surface area contributed by atoms with E-state index in [0.717, 1.165) is 12.0 Å². The van der Waals surface area contributed by atoms with Crippen LogP contribution in [0.1, 0.15) is 18.1 Å². The topological polar surface area (TPSA) is 66.0 Å². The van der Waals surface area contributed by atoms with Crippen molar-refractivity contribution in [3.05, 3.63) is 65.7 Å². The zero-order valence-corrected chi connectivity index (χ0v) is 20.0. The number of carbonyl (C=O) groups is 1. The lowest BCUT2D eigenvalue weighted by Crippen LogP contribution is -2.39. The monoisotopic (exact) mass is 546 g/mol. The van der Waals surface area contributed by atoms with Crippen LogP contribution in [-0.4, -0.2) is 50.1 Å². The van der Waals surface area contributed by atoms with Gasteiger partial charge in [-0.1, -0.05) is 42.5 Å². The molecule has 0 bridgehead atoms. The van der Waals surface area contributed by atoms with Crippen molar-refractivity contribution in [2.45, 2.75) is 26.5 Å². The maximum absolute atomic E-state index is 12.2. The van der Waals surface area contributed by atoms with E-state index in [9.17, 15) is 13.6 Å². The van der Waals surface area contributed by atoms with Gasteiger partial charge in [-0.15, -0.1) is 24.0 Å². The summed E-state index contributed by atoms with van der Waals surface area (Å²) in [5.74, 6) is 0.552. The number of hydrogen-bond donors (Lipinski definition) is 2. The predicted octanol–water partition coefficient (Wildman–Crippen LogP) is 3.66. The first-order valence-electron chi connectivity index (χ1n) is 9.81. The van der Waals surface area contributed by atoms with Gasteiger partial charge in [-0.05, 0) is 36.6 Å². The average molecular weight is 546 g/mol. The molecular weight excluding hydrogens is 517 g/mol. The van der Waals surface area contributed by atoms with Gasteiger partial charge < -0.3 is 20.3 Å². The van der Waals surface area contributed by atoms with Crippen LogP contribution in [0, 0.1) is 0 Å². The van der Waals surface area contributed by atoms with Crippen LogP contribution in [0.2, 0.25) is 0 Å². The largest absolute Gasteiger partial charge is 0.435 e. The summed E-state index contributed by atoms with van der Waals surface area (Å²) in [6.07, 6.45) is 0.765. The van der Waals surface area contributed by atoms with Gasteiger partial charge in [0.05, 0.1) is 0 Å². The predicted molar refractivity (Wildman–Crippen MR) is 129 cm³/mol. The molecule has 9 heteroatoms. The molecule has 6 nitrogen and oxygen atoms in total. The van der Waals surface area contributed by atoms with Crippen molar-refractivity contribution in [3.8, 4) is 5.75 Å². The highest BCUT2D eigenvalue weighted by Gasteiger charge is 2.09. The van der Waals surface area contributed by atoms with Crippen LogP contribution in [0.4, 0.5) is 8.78 Å². The number of rotatable bonds is 10. The molecule has 0 aliphatic carbocycles. The molecule has 2 rings (SSSR count). The number of nitrogens with zero attached hydrogens (tertiary/aromatic N) is 2. The highest BCUT2D eigenvalue weighted by atomic mass is 127. The number of nitrogens with one attached hydrogen (secondary N) is 2. The van der Waals surface area contributed by atoms with Crippen LogP contribution >= 0.6 is 24.0 Å². The second kappa shape index (κ2) is 14.6. The second-order valence-electron chi connectivity index (χ2n) is 6.63. The number of hydrogen-bond acceptors (Lipinski definition) is 3. The SMILES string of the molecule is CCNC(=NCC(=O)NCCc1ccccc1)N(C)Cc1ccc(OC(F)F)cc1.I. The van der Waals surface area contributed by atoms with Gasteiger partial charge in [0.15, 0.2) is 5.96 Å². The molecule has 2 aromatic carbocycles. The molecule has 0 spiro atoms. The molecule has 0 unspecified atom stereocenters. The Morgan fingerprint density at radius 2 is 1.74 bits per heavy atom. The van der Waals surface area contributed by atoms with Crippen molar-refractivity contribution < 1.29 is 18.3 Å². The Morgan fingerprint density at radius 1 is 1.06 bits per heavy atom. The molecule has 2 N–H and O–H groups in total. The van der Waals surface area contributed by atoms with Crippen LogP contribution in [0.15, 0.2) is 59.6 Å². The molecule has 0 aromatic heterocycles. The highest BCUT2D eigenvalue weighted by molar-refractivity contribution is 14.0. The van der Waals surface area contributed by atoms with E-state index in [0.29, 0.717) is 25.6 Å². The lowest BCUT2D eigenvalue weighted by molar-refractivity contribution is -0.119. The molecule has 170 valence electrons. The molecule has 0 fully saturated rings. The number of alkyl halides is 2. The number of aliphatic imine (C=N–C) groups is 1. The van der Waals surface area contributed by atoms with Crippen molar-refractivity contribution in [3.63, 3.8) is 0 Å². The quantitative estimate of drug-likeness (QED) is 0.271. The number of ether oxygens (including phenoxy) is 1. The Hall–Kier alpha value is -2.43. The zero-order valence-electron chi connectivity index (χ0n) is 17.7. The van der Waals surface area contributed by atoms with E-state index in [1.165, 1.54) is 17.7 Å². The van der Waals surface area contributed by atoms with Gasteiger partial charge in [-0.3, -0.25) is 4.79 Å². The maximum atomic E-state index is 12.2. The van der Waals surface area contributed by atoms with Gasteiger partial charge in [0, 0.05) is 26.7 Å². The summed E-state index contributed by atoms with van der Waals surface area (Å²) in [5, 5.41) is 6.02. The minimum Gasteiger partial charge on any atom is -0.435 e. The first kappa shape index (κ1) is 26.6. The molecule has 1 amide bonds. The highest BCUT2D eigenvalue weighted by Crippen LogP contribution is 2.15. The van der Waals surface area contributed by atoms with Crippen LogP contribution in [0.5, 0.6) is 5.75 Å². The van der Waals surface area contributed by atoms with E-state index in [-0.39, 0.29) is 42.2 Å². The number of amides is 1. The Kier molecular flexibility index (Phi) is 12.5. The summed E-state index contributed by atoms with van der Waals surface area (Å²) in [6.45, 7) is 0.821. The fraction of sp³-hybridized carbons (Fsp3) is 0.364. The number of carbonyl (C=O) groups excluding carboxylic acids is 1. The first-order chi connectivity index (χ1) is 14.5. The first-order valence-corrected chi connectivity index (χ1v) is 9.81. The molecule has 0 heterocycles. The van der Waals surface area contributed by atoms with E-state index < -0.39 is 6.61 Å². The van der Waals surface area contributed by atoms with Crippen molar-refractivity contribution in [2.75, 3.05) is 26.7 Å². The van der Waals surface area contributed by atoms with E-state index in [1.54, 1.807) is 12.1 Å². The smallest absolute Gasteiger partial charge is 0.387 e. The summed E-state index contributed by atoms with van der Waals surface area (Å²) >= 11 is 0. The van der Waals surface area contributed by atoms with E-state index in [2.05, 4.69) is 20.4 Å². The fourth-order valence-electron chi connectivity index (χ4n) is 2.79. The minimum absolute atomic E-state index is 0. The van der Waals surface area contributed by atoms with Crippen LogP contribution in [-0.2, 0) is 17.8 Å². The summed E-state index contributed by atoms with van der Waals surface area (Å²) in [4.78, 5) is 18.4. The van der Waals surface area contributed by atoms with E-state index in [4.69, 9.17) is 0 Å². The molecule has 31 heavy (non-hydrogen) atoms. The van der Waals surface area contributed by atoms with Crippen molar-refractivity contribution in [1.82, 2.24) is 15.5 Å². The summed E-state index contributed by atoms with van der Waals surface area (Å²) in [6, 6.07) is 16.4. The molecule has 0 aliphatic heterocycles. The Morgan fingerprint density at radius 3 is 2.35 bits per heavy atom. The summed E-state index contributed by atoms with van der Waals surface area (Å²) < 4.78 is 28.9. The summed E-state index contributed by atoms with van der Waals surface area (Å²) in [7, 11) is 1.85. The fourth-order valence-corrected chi connectivity index (χ4v) is 2.79.